The van der Waals surface area contributed by atoms with Gasteiger partial charge in [0.2, 0.25) is 29.5 Å². The summed E-state index contributed by atoms with van der Waals surface area (Å²) < 4.78 is 0. The summed E-state index contributed by atoms with van der Waals surface area (Å²) in [4.78, 5) is 131. The first-order valence-corrected chi connectivity index (χ1v) is 22.5. The van der Waals surface area contributed by atoms with Gasteiger partial charge in [-0.3, -0.25) is 39.4 Å². The number of carboxylic acid groups (broad SMARTS) is 6. The van der Waals surface area contributed by atoms with E-state index in [9.17, 15) is 73.2 Å². The Labute approximate surface area is 383 Å². The number of amides is 5. The Morgan fingerprint density at radius 1 is 0.318 bits per heavy atom. The van der Waals surface area contributed by atoms with Crippen molar-refractivity contribution in [3.05, 3.63) is 0 Å². The quantitative estimate of drug-likeness (QED) is 0.0232. The molecular weight excluding hydrogens is 874 g/mol. The predicted molar refractivity (Wildman–Crippen MR) is 233 cm³/mol. The SMILES string of the molecule is NN[C@@H](CCCCNC(=O)CC[C@H](NC(=O)CC[C@H](NC(=O)CC[C@H](NC(=O)CC[C@H](NC(=O)CCCCCCCCCCCCCCC(=O)O)C(=O)O)C(=O)O)C(=O)O)C(=O)O)C(=O)O. The normalized spacial score (nSPS) is 13.2. The molecule has 0 heterocycles. The molecule has 0 aliphatic heterocycles. The van der Waals surface area contributed by atoms with Crippen molar-refractivity contribution in [3.8, 4) is 0 Å². The number of carbonyl (C=O) groups is 11. The van der Waals surface area contributed by atoms with Crippen LogP contribution in [0.25, 0.3) is 0 Å². The Morgan fingerprint density at radius 3 is 0.909 bits per heavy atom. The summed E-state index contributed by atoms with van der Waals surface area (Å²) in [6.45, 7) is 0.179. The van der Waals surface area contributed by atoms with E-state index in [1.807, 2.05) is 0 Å². The van der Waals surface area contributed by atoms with Crippen molar-refractivity contribution >= 4 is 65.4 Å². The number of hydrogen-bond acceptors (Lipinski definition) is 13. The molecule has 0 fully saturated rings. The molecule has 0 aliphatic carbocycles. The molecule has 24 heteroatoms. The first-order chi connectivity index (χ1) is 31.3. The second kappa shape index (κ2) is 36.3. The van der Waals surface area contributed by atoms with Gasteiger partial charge >= 0.3 is 35.8 Å². The first kappa shape index (κ1) is 60.1. The number of unbranched alkanes of at least 4 members (excludes halogenated alkanes) is 12. The number of nitrogens with one attached hydrogen (secondary N) is 6. The van der Waals surface area contributed by atoms with Crippen molar-refractivity contribution in [3.63, 3.8) is 0 Å². The standard InChI is InChI=1S/C42H71N7O17/c43-49-31(42(65)66)15-13-14-26-44-32(50)22-18-27(38(57)58)46-34(52)24-20-29(40(61)62)48-36(54)25-21-30(41(63)64)47-35(53)23-19-28(39(59)60)45-33(51)16-11-9-7-5-3-1-2-4-6-8-10-12-17-37(55)56/h27-31,49H,1-26,43H2,(H,44,50)(H,45,51)(H,46,52)(H,47,53)(H,48,54)(H,55,56)(H,57,58)(H,59,60)(H,61,62)(H,63,64)(H,65,66)/t27-,28-,29-,30-,31-/m0/s1. The molecule has 0 unspecified atom stereocenters. The van der Waals surface area contributed by atoms with E-state index in [2.05, 4.69) is 32.0 Å². The summed E-state index contributed by atoms with van der Waals surface area (Å²) >= 11 is 0. The second-order valence-corrected chi connectivity index (χ2v) is 16.0. The van der Waals surface area contributed by atoms with Gasteiger partial charge in [-0.05, 0) is 57.8 Å². The van der Waals surface area contributed by atoms with Crippen molar-refractivity contribution in [2.45, 2.75) is 191 Å². The zero-order valence-electron chi connectivity index (χ0n) is 37.5. The zero-order valence-corrected chi connectivity index (χ0v) is 37.5. The van der Waals surface area contributed by atoms with Crippen molar-refractivity contribution < 1.29 is 83.4 Å². The van der Waals surface area contributed by atoms with Gasteiger partial charge in [0.15, 0.2) is 0 Å². The highest BCUT2D eigenvalue weighted by Gasteiger charge is 2.27. The summed E-state index contributed by atoms with van der Waals surface area (Å²) in [5.74, 6) is -6.44. The highest BCUT2D eigenvalue weighted by molar-refractivity contribution is 5.88. The van der Waals surface area contributed by atoms with Gasteiger partial charge in [0.05, 0.1) is 0 Å². The van der Waals surface area contributed by atoms with Crippen LogP contribution >= 0.6 is 0 Å². The molecule has 376 valence electrons. The van der Waals surface area contributed by atoms with Gasteiger partial charge in [-0.25, -0.2) is 24.6 Å². The molecule has 5 amide bonds. The third-order valence-corrected chi connectivity index (χ3v) is 10.5. The first-order valence-electron chi connectivity index (χ1n) is 22.5. The molecule has 0 bridgehead atoms. The number of rotatable bonds is 42. The van der Waals surface area contributed by atoms with Crippen LogP contribution in [0.3, 0.4) is 0 Å². The maximum Gasteiger partial charge on any atom is 0.326 e. The van der Waals surface area contributed by atoms with Crippen LogP contribution in [0.5, 0.6) is 0 Å². The van der Waals surface area contributed by atoms with Gasteiger partial charge in [0.1, 0.15) is 30.2 Å². The maximum absolute atomic E-state index is 12.6. The second-order valence-electron chi connectivity index (χ2n) is 16.0. The Bertz CT molecular complexity index is 1580. The minimum atomic E-state index is -1.65. The van der Waals surface area contributed by atoms with Gasteiger partial charge in [0.25, 0.3) is 0 Å². The largest absolute Gasteiger partial charge is 0.481 e. The summed E-state index contributed by atoms with van der Waals surface area (Å²) in [5, 5.41) is 67.3. The summed E-state index contributed by atoms with van der Waals surface area (Å²) in [7, 11) is 0. The van der Waals surface area contributed by atoms with E-state index in [1.54, 1.807) is 0 Å². The molecular formula is C42H71N7O17. The Balaban J connectivity index is 4.63. The van der Waals surface area contributed by atoms with Crippen LogP contribution in [0, 0.1) is 0 Å². The fraction of sp³-hybridized carbons (Fsp3) is 0.738. The summed E-state index contributed by atoms with van der Waals surface area (Å²) in [6, 6.07) is -7.15. The Kier molecular flexibility index (Phi) is 33.1. The summed E-state index contributed by atoms with van der Waals surface area (Å²) in [5.41, 5.74) is 2.15. The lowest BCUT2D eigenvalue weighted by atomic mass is 10.0. The molecule has 0 spiro atoms. The lowest BCUT2D eigenvalue weighted by molar-refractivity contribution is -0.144. The molecule has 0 aliphatic rings. The van der Waals surface area contributed by atoms with E-state index < -0.39 is 128 Å². The molecule has 0 saturated heterocycles. The Morgan fingerprint density at radius 2 is 0.606 bits per heavy atom. The number of carboxylic acids is 6. The third-order valence-electron chi connectivity index (χ3n) is 10.5. The van der Waals surface area contributed by atoms with Gasteiger partial charge < -0.3 is 57.2 Å². The van der Waals surface area contributed by atoms with Crippen molar-refractivity contribution in [2.75, 3.05) is 6.54 Å². The highest BCUT2D eigenvalue weighted by Crippen LogP contribution is 2.14. The van der Waals surface area contributed by atoms with Crippen LogP contribution in [-0.2, 0) is 52.7 Å². The fourth-order valence-electron chi connectivity index (χ4n) is 6.59. The molecule has 0 radical (unpaired) electrons. The molecule has 0 aromatic carbocycles. The molecule has 0 aromatic rings. The van der Waals surface area contributed by atoms with Crippen LogP contribution in [0.2, 0.25) is 0 Å². The van der Waals surface area contributed by atoms with Crippen molar-refractivity contribution in [1.82, 2.24) is 32.0 Å². The molecule has 0 saturated carbocycles. The van der Waals surface area contributed by atoms with E-state index in [-0.39, 0.29) is 45.1 Å². The van der Waals surface area contributed by atoms with Crippen molar-refractivity contribution in [2.24, 2.45) is 5.84 Å². The van der Waals surface area contributed by atoms with E-state index in [0.717, 1.165) is 64.2 Å². The number of carbonyl (C=O) groups excluding carboxylic acids is 5. The van der Waals surface area contributed by atoms with Crippen LogP contribution in [-0.4, -0.2) is 133 Å². The molecule has 0 aromatic heterocycles. The average Bonchev–Trinajstić information content (AvgIpc) is 3.24. The van der Waals surface area contributed by atoms with Crippen LogP contribution in [0.1, 0.15) is 161 Å². The average molecular weight is 946 g/mol. The van der Waals surface area contributed by atoms with Gasteiger partial charge in [-0.2, -0.15) is 0 Å². The number of hydrazine groups is 1. The fourth-order valence-corrected chi connectivity index (χ4v) is 6.59. The lowest BCUT2D eigenvalue weighted by Crippen LogP contribution is -2.45. The number of hydrogen-bond donors (Lipinski definition) is 13. The minimum absolute atomic E-state index is 0.0855. The van der Waals surface area contributed by atoms with E-state index in [1.165, 1.54) is 0 Å². The topological polar surface area (TPSA) is 407 Å². The molecule has 66 heavy (non-hydrogen) atoms. The lowest BCUT2D eigenvalue weighted by Gasteiger charge is -2.18. The minimum Gasteiger partial charge on any atom is -0.481 e. The van der Waals surface area contributed by atoms with Crippen LogP contribution < -0.4 is 37.9 Å². The Hall–Kier alpha value is -5.91. The maximum atomic E-state index is 12.6. The van der Waals surface area contributed by atoms with Crippen molar-refractivity contribution in [1.29, 1.82) is 0 Å². The monoisotopic (exact) mass is 945 g/mol. The molecule has 5 atom stereocenters. The van der Waals surface area contributed by atoms with Crippen LogP contribution in [0.4, 0.5) is 0 Å². The molecule has 14 N–H and O–H groups in total. The molecule has 24 nitrogen and oxygen atoms in total. The van der Waals surface area contributed by atoms with Crippen LogP contribution in [0.15, 0.2) is 0 Å². The smallest absolute Gasteiger partial charge is 0.326 e. The van der Waals surface area contributed by atoms with Gasteiger partial charge in [-0.1, -0.05) is 64.2 Å². The number of nitrogens with two attached hydrogens (primary N) is 1. The van der Waals surface area contributed by atoms with E-state index in [0.29, 0.717) is 25.7 Å². The summed E-state index contributed by atoms with van der Waals surface area (Å²) in [6.07, 6.45) is 9.13. The molecule has 0 rings (SSSR count). The van der Waals surface area contributed by atoms with E-state index in [4.69, 9.17) is 16.1 Å². The van der Waals surface area contributed by atoms with Gasteiger partial charge in [0, 0.05) is 45.1 Å². The third kappa shape index (κ3) is 31.9. The zero-order chi connectivity index (χ0) is 49.9. The highest BCUT2D eigenvalue weighted by atomic mass is 16.4. The number of aliphatic carboxylic acids is 6. The van der Waals surface area contributed by atoms with Gasteiger partial charge in [-0.15, -0.1) is 0 Å². The predicted octanol–water partition coefficient (Wildman–Crippen LogP) is 1.13. The van der Waals surface area contributed by atoms with E-state index >= 15 is 0 Å².